The van der Waals surface area contributed by atoms with Gasteiger partial charge in [-0.25, -0.2) is 0 Å². The van der Waals surface area contributed by atoms with E-state index < -0.39 is 0 Å². The fourth-order valence-electron chi connectivity index (χ4n) is 3.26. The molecule has 0 amide bonds. The number of carbonyl (C=O) groups is 1. The van der Waals surface area contributed by atoms with E-state index in [0.29, 0.717) is 11.7 Å². The van der Waals surface area contributed by atoms with E-state index in [9.17, 15) is 4.79 Å². The fraction of sp³-hybridized carbons (Fsp3) is 0.375. The fourth-order valence-corrected chi connectivity index (χ4v) is 3.26. The maximum Gasteiger partial charge on any atom is 0.133 e. The number of benzene rings is 2. The molecule has 0 N–H and O–H groups in total. The second kappa shape index (κ2) is 11.2. The van der Waals surface area contributed by atoms with E-state index in [0.717, 1.165) is 49.2 Å². The van der Waals surface area contributed by atoms with E-state index in [1.165, 1.54) is 12.0 Å². The molecule has 0 aromatic heterocycles. The summed E-state index contributed by atoms with van der Waals surface area (Å²) in [5, 5.41) is 0. The van der Waals surface area contributed by atoms with Gasteiger partial charge in [0.2, 0.25) is 0 Å². The number of ether oxygens (including phenoxy) is 2. The molecule has 0 aliphatic heterocycles. The molecule has 0 spiro atoms. The molecule has 1 aliphatic rings. The van der Waals surface area contributed by atoms with E-state index >= 15 is 0 Å². The van der Waals surface area contributed by atoms with Crippen LogP contribution in [0.4, 0.5) is 0 Å². The molecule has 1 atom stereocenters. The minimum Gasteiger partial charge on any atom is -0.497 e. The van der Waals surface area contributed by atoms with Gasteiger partial charge in [0.15, 0.2) is 0 Å². The van der Waals surface area contributed by atoms with Crippen LogP contribution in [0.15, 0.2) is 55.1 Å². The van der Waals surface area contributed by atoms with Crippen LogP contribution in [0.2, 0.25) is 0 Å². The average Bonchev–Trinajstić information content (AvgIpc) is 2.73. The number of ketones is 1. The molecule has 2 aromatic rings. The number of rotatable bonds is 6. The van der Waals surface area contributed by atoms with Crippen LogP contribution in [0, 0.1) is 5.92 Å². The molecule has 0 saturated heterocycles. The number of hydrogen-bond donors (Lipinski definition) is 0. The summed E-state index contributed by atoms with van der Waals surface area (Å²) in [6, 6.07) is 16.0. The molecular formula is C24H30O3. The van der Waals surface area contributed by atoms with E-state index in [4.69, 9.17) is 9.47 Å². The average molecular weight is 367 g/mol. The highest BCUT2D eigenvalue weighted by molar-refractivity contribution is 5.79. The van der Waals surface area contributed by atoms with Gasteiger partial charge in [-0.3, -0.25) is 4.79 Å². The number of aryl methyl sites for hydroxylation is 1. The third-order valence-electron chi connectivity index (χ3n) is 4.94. The summed E-state index contributed by atoms with van der Waals surface area (Å²) in [5.74, 6) is 2.85. The summed E-state index contributed by atoms with van der Waals surface area (Å²) < 4.78 is 10.1. The third-order valence-corrected chi connectivity index (χ3v) is 4.94. The highest BCUT2D eigenvalue weighted by Crippen LogP contribution is 2.26. The molecule has 1 aliphatic carbocycles. The summed E-state index contributed by atoms with van der Waals surface area (Å²) in [5.41, 5.74) is 2.45. The van der Waals surface area contributed by atoms with Crippen molar-refractivity contribution in [2.75, 3.05) is 14.2 Å². The Labute approximate surface area is 163 Å². The van der Waals surface area contributed by atoms with Gasteiger partial charge in [-0.1, -0.05) is 36.9 Å². The molecule has 0 unspecified atom stereocenters. The molecule has 0 heterocycles. The Morgan fingerprint density at radius 2 is 1.59 bits per heavy atom. The zero-order valence-electron chi connectivity index (χ0n) is 16.4. The molecule has 1 fully saturated rings. The SMILES string of the molecule is C=Cc1ccc(OC)cc1.COc1ccc(CC[C@@H]2CCCC(=O)C2)cc1. The summed E-state index contributed by atoms with van der Waals surface area (Å²) in [4.78, 5) is 11.4. The first kappa shape index (κ1) is 20.8. The van der Waals surface area contributed by atoms with Crippen LogP contribution in [0.25, 0.3) is 6.08 Å². The largest absolute Gasteiger partial charge is 0.497 e. The van der Waals surface area contributed by atoms with Crippen molar-refractivity contribution >= 4 is 11.9 Å². The van der Waals surface area contributed by atoms with Crippen LogP contribution < -0.4 is 9.47 Å². The summed E-state index contributed by atoms with van der Waals surface area (Å²) >= 11 is 0. The van der Waals surface area contributed by atoms with Crippen LogP contribution in [-0.4, -0.2) is 20.0 Å². The van der Waals surface area contributed by atoms with Crippen molar-refractivity contribution in [2.45, 2.75) is 38.5 Å². The summed E-state index contributed by atoms with van der Waals surface area (Å²) in [6.45, 7) is 3.65. The first-order valence-corrected chi connectivity index (χ1v) is 9.55. The molecule has 144 valence electrons. The molecular weight excluding hydrogens is 336 g/mol. The molecule has 2 aromatic carbocycles. The minimum absolute atomic E-state index is 0.455. The first-order chi connectivity index (χ1) is 13.1. The smallest absolute Gasteiger partial charge is 0.133 e. The second-order valence-corrected chi connectivity index (χ2v) is 6.87. The Balaban J connectivity index is 0.000000223. The van der Waals surface area contributed by atoms with Gasteiger partial charge in [-0.2, -0.15) is 0 Å². The van der Waals surface area contributed by atoms with E-state index in [1.54, 1.807) is 20.3 Å². The summed E-state index contributed by atoms with van der Waals surface area (Å²) in [6.07, 6.45) is 7.93. The maximum absolute atomic E-state index is 11.4. The number of methoxy groups -OCH3 is 2. The predicted octanol–water partition coefficient (Wildman–Crippen LogP) is 5.73. The van der Waals surface area contributed by atoms with Crippen molar-refractivity contribution in [3.05, 3.63) is 66.2 Å². The Kier molecular flexibility index (Phi) is 8.63. The van der Waals surface area contributed by atoms with E-state index in [1.807, 2.05) is 36.4 Å². The molecule has 3 nitrogen and oxygen atoms in total. The van der Waals surface area contributed by atoms with Crippen molar-refractivity contribution in [1.29, 1.82) is 0 Å². The summed E-state index contributed by atoms with van der Waals surface area (Å²) in [7, 11) is 3.34. The molecule has 0 radical (unpaired) electrons. The maximum atomic E-state index is 11.4. The Hall–Kier alpha value is -2.55. The van der Waals surface area contributed by atoms with E-state index in [2.05, 4.69) is 18.7 Å². The predicted molar refractivity (Wildman–Crippen MR) is 111 cm³/mol. The van der Waals surface area contributed by atoms with Crippen molar-refractivity contribution in [3.63, 3.8) is 0 Å². The Bertz CT molecular complexity index is 701. The molecule has 3 rings (SSSR count). The highest BCUT2D eigenvalue weighted by atomic mass is 16.5. The van der Waals surface area contributed by atoms with Crippen molar-refractivity contribution in [2.24, 2.45) is 5.92 Å². The van der Waals surface area contributed by atoms with Gasteiger partial charge in [0.25, 0.3) is 0 Å². The van der Waals surface area contributed by atoms with Crippen LogP contribution >= 0.6 is 0 Å². The number of carbonyl (C=O) groups excluding carboxylic acids is 1. The van der Waals surface area contributed by atoms with Gasteiger partial charge in [-0.15, -0.1) is 0 Å². The van der Waals surface area contributed by atoms with Crippen molar-refractivity contribution in [3.8, 4) is 11.5 Å². The zero-order valence-corrected chi connectivity index (χ0v) is 16.4. The lowest BCUT2D eigenvalue weighted by Crippen LogP contribution is -2.15. The number of Topliss-reactive ketones (excluding diaryl/α,β-unsaturated/α-hetero) is 1. The van der Waals surface area contributed by atoms with Crippen LogP contribution in [0.1, 0.15) is 43.2 Å². The van der Waals surface area contributed by atoms with Crippen LogP contribution in [-0.2, 0) is 11.2 Å². The molecule has 3 heteroatoms. The van der Waals surface area contributed by atoms with Gasteiger partial charge in [0.05, 0.1) is 14.2 Å². The van der Waals surface area contributed by atoms with Crippen LogP contribution in [0.3, 0.4) is 0 Å². The van der Waals surface area contributed by atoms with Gasteiger partial charge in [0.1, 0.15) is 17.3 Å². The number of hydrogen-bond acceptors (Lipinski definition) is 3. The second-order valence-electron chi connectivity index (χ2n) is 6.87. The first-order valence-electron chi connectivity index (χ1n) is 9.55. The van der Waals surface area contributed by atoms with Crippen molar-refractivity contribution < 1.29 is 14.3 Å². The Morgan fingerprint density at radius 1 is 1.00 bits per heavy atom. The van der Waals surface area contributed by atoms with Gasteiger partial charge < -0.3 is 9.47 Å². The topological polar surface area (TPSA) is 35.5 Å². The standard InChI is InChI=1S/C15H20O2.C9H10O/c1-17-15-9-7-12(8-10-15)5-6-13-3-2-4-14(16)11-13;1-3-8-4-6-9(10-2)7-5-8/h7-10,13H,2-6,11H2,1H3;3-7H,1H2,2H3/t13-;/m0./s1. The lowest BCUT2D eigenvalue weighted by molar-refractivity contribution is -0.121. The normalized spacial score (nSPS) is 16.1. The Morgan fingerprint density at radius 3 is 2.11 bits per heavy atom. The molecule has 27 heavy (non-hydrogen) atoms. The van der Waals surface area contributed by atoms with E-state index in [-0.39, 0.29) is 0 Å². The lowest BCUT2D eigenvalue weighted by Gasteiger charge is -2.20. The third kappa shape index (κ3) is 7.30. The van der Waals surface area contributed by atoms with Gasteiger partial charge >= 0.3 is 0 Å². The van der Waals surface area contributed by atoms with Gasteiger partial charge in [-0.05, 0) is 67.0 Å². The zero-order chi connectivity index (χ0) is 19.5. The van der Waals surface area contributed by atoms with Gasteiger partial charge in [0, 0.05) is 12.8 Å². The highest BCUT2D eigenvalue weighted by Gasteiger charge is 2.18. The van der Waals surface area contributed by atoms with Crippen LogP contribution in [0.5, 0.6) is 11.5 Å². The van der Waals surface area contributed by atoms with Crippen molar-refractivity contribution in [1.82, 2.24) is 0 Å². The lowest BCUT2D eigenvalue weighted by atomic mass is 9.84. The molecule has 1 saturated carbocycles. The quantitative estimate of drug-likeness (QED) is 0.655. The minimum atomic E-state index is 0.455. The monoisotopic (exact) mass is 366 g/mol. The molecule has 0 bridgehead atoms.